The summed E-state index contributed by atoms with van der Waals surface area (Å²) >= 11 is -0.00843. The molecule has 0 aliphatic heterocycles. The predicted octanol–water partition coefficient (Wildman–Crippen LogP) is 2.58. The molecule has 0 unspecified atom stereocenters. The van der Waals surface area contributed by atoms with E-state index in [1.807, 2.05) is 55.5 Å². The number of hydrogen-bond acceptors (Lipinski definition) is 2. The molecule has 0 aliphatic rings. The molecule has 0 radical (unpaired) electrons. The van der Waals surface area contributed by atoms with Crippen LogP contribution in [-0.2, 0) is 4.79 Å². The Hall–Kier alpha value is -1.90. The van der Waals surface area contributed by atoms with Crippen LogP contribution in [0.25, 0.3) is 0 Å². The Morgan fingerprint density at radius 3 is 2.43 bits per heavy atom. The summed E-state index contributed by atoms with van der Waals surface area (Å²) in [6, 6.07) is 15.2. The first-order valence-corrected chi connectivity index (χ1v) is 8.73. The third-order valence-corrected chi connectivity index (χ3v) is 5.51. The first kappa shape index (κ1) is 15.5. The minimum absolute atomic E-state index is 0.00843. The number of para-hydroxylation sites is 1. The van der Waals surface area contributed by atoms with E-state index in [-0.39, 0.29) is 26.6 Å². The van der Waals surface area contributed by atoms with Crippen LogP contribution in [0.3, 0.4) is 0 Å². The molecule has 108 valence electrons. The second-order valence-electron chi connectivity index (χ2n) is 4.76. The van der Waals surface area contributed by atoms with E-state index in [0.717, 1.165) is 15.7 Å². The van der Waals surface area contributed by atoms with Gasteiger partial charge in [0.2, 0.25) is 0 Å². The molecule has 0 saturated carbocycles. The number of benzene rings is 2. The second-order valence-corrected chi connectivity index (χ2v) is 6.89. The SMILES string of the molecule is CC(=O)C[Se]c1ccccc1C(=O)Nc1ccccc1C. The summed E-state index contributed by atoms with van der Waals surface area (Å²) in [6.07, 6.45) is 0. The van der Waals surface area contributed by atoms with Gasteiger partial charge in [-0.25, -0.2) is 0 Å². The third kappa shape index (κ3) is 4.28. The number of amides is 1. The summed E-state index contributed by atoms with van der Waals surface area (Å²) in [4.78, 5) is 23.6. The van der Waals surface area contributed by atoms with Crippen LogP contribution >= 0.6 is 0 Å². The van der Waals surface area contributed by atoms with Crippen LogP contribution in [0.5, 0.6) is 0 Å². The number of hydrogen-bond donors (Lipinski definition) is 1. The zero-order valence-corrected chi connectivity index (χ0v) is 13.8. The summed E-state index contributed by atoms with van der Waals surface area (Å²) in [5.74, 6) is 0.0365. The Labute approximate surface area is 130 Å². The zero-order valence-electron chi connectivity index (χ0n) is 12.1. The summed E-state index contributed by atoms with van der Waals surface area (Å²) in [5, 5.41) is 3.46. The van der Waals surface area contributed by atoms with Gasteiger partial charge < -0.3 is 0 Å². The van der Waals surface area contributed by atoms with E-state index in [2.05, 4.69) is 5.32 Å². The maximum atomic E-state index is 12.4. The van der Waals surface area contributed by atoms with Crippen molar-refractivity contribution < 1.29 is 9.59 Å². The molecule has 0 aromatic heterocycles. The zero-order chi connectivity index (χ0) is 15.2. The molecule has 1 N–H and O–H groups in total. The van der Waals surface area contributed by atoms with E-state index in [9.17, 15) is 9.59 Å². The summed E-state index contributed by atoms with van der Waals surface area (Å²) < 4.78 is 0.964. The Kier molecular flexibility index (Phi) is 5.31. The molecule has 3 nitrogen and oxygen atoms in total. The fourth-order valence-electron chi connectivity index (χ4n) is 1.86. The molecule has 0 aliphatic carbocycles. The number of carbonyl (C=O) groups excluding carboxylic acids is 2. The molecule has 4 heteroatoms. The first-order chi connectivity index (χ1) is 10.1. The number of nitrogens with one attached hydrogen (secondary N) is 1. The first-order valence-electron chi connectivity index (χ1n) is 6.66. The van der Waals surface area contributed by atoms with Gasteiger partial charge in [0.25, 0.3) is 0 Å². The van der Waals surface area contributed by atoms with Gasteiger partial charge >= 0.3 is 131 Å². The summed E-state index contributed by atoms with van der Waals surface area (Å²) in [5.41, 5.74) is 2.50. The van der Waals surface area contributed by atoms with E-state index in [1.54, 1.807) is 6.92 Å². The van der Waals surface area contributed by atoms with Crippen LogP contribution in [0.1, 0.15) is 22.8 Å². The number of Topliss-reactive ketones (excluding diaryl/α,β-unsaturated/α-hetero) is 1. The molecular formula is C17H17NO2Se. The monoisotopic (exact) mass is 347 g/mol. The number of aryl methyl sites for hydroxylation is 1. The van der Waals surface area contributed by atoms with E-state index in [4.69, 9.17) is 0 Å². The van der Waals surface area contributed by atoms with Gasteiger partial charge in [-0.15, -0.1) is 0 Å². The van der Waals surface area contributed by atoms with Crippen molar-refractivity contribution in [2.75, 3.05) is 5.32 Å². The number of carbonyl (C=O) groups is 2. The standard InChI is InChI=1S/C17H17NO2Se/c1-12-7-3-5-9-15(12)18-17(20)14-8-4-6-10-16(14)21-11-13(2)19/h3-10H,11H2,1-2H3,(H,18,20). The molecule has 0 heterocycles. The average molecular weight is 346 g/mol. The fraction of sp³-hybridized carbons (Fsp3) is 0.176. The minimum atomic E-state index is -0.120. The Morgan fingerprint density at radius 1 is 1.05 bits per heavy atom. The molecular weight excluding hydrogens is 329 g/mol. The van der Waals surface area contributed by atoms with Crippen LogP contribution in [0.4, 0.5) is 5.69 Å². The molecule has 0 fully saturated rings. The summed E-state index contributed by atoms with van der Waals surface area (Å²) in [7, 11) is 0. The second kappa shape index (κ2) is 7.21. The van der Waals surface area contributed by atoms with Gasteiger partial charge in [-0.05, 0) is 0 Å². The number of ketones is 1. The molecule has 2 aromatic carbocycles. The quantitative estimate of drug-likeness (QED) is 0.846. The Bertz CT molecular complexity index is 667. The van der Waals surface area contributed by atoms with E-state index >= 15 is 0 Å². The summed E-state index contributed by atoms with van der Waals surface area (Å²) in [6.45, 7) is 3.54. The van der Waals surface area contributed by atoms with Crippen LogP contribution in [0.2, 0.25) is 5.32 Å². The topological polar surface area (TPSA) is 46.2 Å². The predicted molar refractivity (Wildman–Crippen MR) is 86.5 cm³/mol. The van der Waals surface area contributed by atoms with Crippen molar-refractivity contribution in [3.63, 3.8) is 0 Å². The van der Waals surface area contributed by atoms with E-state index in [1.165, 1.54) is 0 Å². The molecule has 0 spiro atoms. The van der Waals surface area contributed by atoms with Gasteiger partial charge in [-0.3, -0.25) is 0 Å². The Balaban J connectivity index is 2.19. The van der Waals surface area contributed by atoms with Crippen molar-refractivity contribution in [3.05, 3.63) is 59.7 Å². The van der Waals surface area contributed by atoms with Gasteiger partial charge in [0.15, 0.2) is 0 Å². The van der Waals surface area contributed by atoms with Gasteiger partial charge in [-0.1, -0.05) is 0 Å². The van der Waals surface area contributed by atoms with Crippen molar-refractivity contribution in [2.45, 2.75) is 19.2 Å². The molecule has 0 atom stereocenters. The van der Waals surface area contributed by atoms with E-state index in [0.29, 0.717) is 10.9 Å². The number of rotatable bonds is 5. The van der Waals surface area contributed by atoms with Crippen molar-refractivity contribution >= 4 is 36.8 Å². The molecule has 2 aromatic rings. The van der Waals surface area contributed by atoms with Crippen LogP contribution in [-0.4, -0.2) is 26.6 Å². The van der Waals surface area contributed by atoms with Crippen molar-refractivity contribution in [1.82, 2.24) is 0 Å². The van der Waals surface area contributed by atoms with Crippen LogP contribution < -0.4 is 9.78 Å². The Morgan fingerprint density at radius 2 is 1.71 bits per heavy atom. The molecule has 2 rings (SSSR count). The maximum absolute atomic E-state index is 12.4. The van der Waals surface area contributed by atoms with Gasteiger partial charge in [0.1, 0.15) is 0 Å². The van der Waals surface area contributed by atoms with Gasteiger partial charge in [0, 0.05) is 0 Å². The van der Waals surface area contributed by atoms with Gasteiger partial charge in [0.05, 0.1) is 0 Å². The average Bonchev–Trinajstić information content (AvgIpc) is 2.47. The van der Waals surface area contributed by atoms with Crippen LogP contribution in [0.15, 0.2) is 48.5 Å². The van der Waals surface area contributed by atoms with Gasteiger partial charge in [-0.2, -0.15) is 0 Å². The number of anilines is 1. The van der Waals surface area contributed by atoms with Crippen molar-refractivity contribution in [1.29, 1.82) is 0 Å². The van der Waals surface area contributed by atoms with Crippen molar-refractivity contribution in [3.8, 4) is 0 Å². The van der Waals surface area contributed by atoms with Crippen molar-refractivity contribution in [2.24, 2.45) is 0 Å². The van der Waals surface area contributed by atoms with E-state index < -0.39 is 0 Å². The third-order valence-electron chi connectivity index (χ3n) is 2.96. The fourth-order valence-corrected chi connectivity index (χ4v) is 3.65. The normalized spacial score (nSPS) is 10.2. The molecule has 1 amide bonds. The van der Waals surface area contributed by atoms with Crippen LogP contribution in [0, 0.1) is 6.92 Å². The molecule has 21 heavy (non-hydrogen) atoms. The molecule has 0 bridgehead atoms. The molecule has 0 saturated heterocycles.